The Kier molecular flexibility index (Phi) is 4.34. The lowest BCUT2D eigenvalue weighted by atomic mass is 10.1. The number of methoxy groups -OCH3 is 1. The molecule has 1 amide bonds. The first kappa shape index (κ1) is 14.5. The number of aliphatic hydroxyl groups excluding tert-OH is 1. The van der Waals surface area contributed by atoms with Crippen LogP contribution in [0.5, 0.6) is 0 Å². The second-order valence-corrected chi connectivity index (χ2v) is 5.13. The van der Waals surface area contributed by atoms with Crippen molar-refractivity contribution in [2.45, 2.75) is 44.9 Å². The van der Waals surface area contributed by atoms with E-state index in [1.807, 2.05) is 0 Å². The van der Waals surface area contributed by atoms with E-state index >= 15 is 0 Å². The highest BCUT2D eigenvalue weighted by atomic mass is 16.6. The van der Waals surface area contributed by atoms with Crippen molar-refractivity contribution in [2.75, 3.05) is 7.11 Å². The SMILES string of the molecule is COC(=O)C1=C[C@@H](O)[C@@H](NC(=O)OC(C)(C)C)C1. The Labute approximate surface area is 106 Å². The summed E-state index contributed by atoms with van der Waals surface area (Å²) < 4.78 is 9.62. The summed E-state index contributed by atoms with van der Waals surface area (Å²) in [7, 11) is 1.27. The van der Waals surface area contributed by atoms with Crippen molar-refractivity contribution in [1.82, 2.24) is 5.32 Å². The minimum atomic E-state index is -0.911. The highest BCUT2D eigenvalue weighted by molar-refractivity contribution is 5.89. The highest BCUT2D eigenvalue weighted by Crippen LogP contribution is 2.21. The van der Waals surface area contributed by atoms with Crippen molar-refractivity contribution in [2.24, 2.45) is 0 Å². The number of rotatable bonds is 2. The molecule has 1 aliphatic rings. The largest absolute Gasteiger partial charge is 0.466 e. The molecule has 18 heavy (non-hydrogen) atoms. The van der Waals surface area contributed by atoms with E-state index in [9.17, 15) is 14.7 Å². The molecule has 1 rings (SSSR count). The van der Waals surface area contributed by atoms with Crippen LogP contribution in [0.3, 0.4) is 0 Å². The van der Waals surface area contributed by atoms with Crippen LogP contribution in [0.1, 0.15) is 27.2 Å². The fraction of sp³-hybridized carbons (Fsp3) is 0.667. The molecular formula is C12H19NO5. The molecule has 0 bridgehead atoms. The molecule has 1 aliphatic carbocycles. The lowest BCUT2D eigenvalue weighted by molar-refractivity contribution is -0.136. The van der Waals surface area contributed by atoms with Gasteiger partial charge in [0.2, 0.25) is 0 Å². The normalized spacial score (nSPS) is 23.3. The first-order valence-corrected chi connectivity index (χ1v) is 5.69. The van der Waals surface area contributed by atoms with Gasteiger partial charge in [-0.25, -0.2) is 9.59 Å². The zero-order valence-corrected chi connectivity index (χ0v) is 11.0. The first-order chi connectivity index (χ1) is 8.23. The van der Waals surface area contributed by atoms with Gasteiger partial charge in [0.05, 0.1) is 19.3 Å². The third kappa shape index (κ3) is 4.03. The van der Waals surface area contributed by atoms with E-state index in [0.717, 1.165) is 0 Å². The third-order valence-electron chi connectivity index (χ3n) is 2.37. The summed E-state index contributed by atoms with van der Waals surface area (Å²) >= 11 is 0. The molecule has 0 saturated carbocycles. The van der Waals surface area contributed by atoms with Gasteiger partial charge < -0.3 is 19.9 Å². The third-order valence-corrected chi connectivity index (χ3v) is 2.37. The maximum atomic E-state index is 11.5. The van der Waals surface area contributed by atoms with E-state index in [0.29, 0.717) is 5.57 Å². The Morgan fingerprint density at radius 2 is 2.06 bits per heavy atom. The molecule has 0 saturated heterocycles. The maximum Gasteiger partial charge on any atom is 0.407 e. The minimum Gasteiger partial charge on any atom is -0.466 e. The van der Waals surface area contributed by atoms with Crippen molar-refractivity contribution in [3.8, 4) is 0 Å². The van der Waals surface area contributed by atoms with Crippen LogP contribution in [0.15, 0.2) is 11.6 Å². The van der Waals surface area contributed by atoms with Gasteiger partial charge in [-0.05, 0) is 26.8 Å². The molecule has 0 aromatic carbocycles. The van der Waals surface area contributed by atoms with Crippen LogP contribution in [0.4, 0.5) is 4.79 Å². The van der Waals surface area contributed by atoms with E-state index in [-0.39, 0.29) is 6.42 Å². The Hall–Kier alpha value is -1.56. The van der Waals surface area contributed by atoms with E-state index in [4.69, 9.17) is 4.74 Å². The number of hydrogen-bond donors (Lipinski definition) is 2. The summed E-state index contributed by atoms with van der Waals surface area (Å²) in [5.41, 5.74) is -0.252. The average molecular weight is 257 g/mol. The number of alkyl carbamates (subject to hydrolysis) is 1. The lowest BCUT2D eigenvalue weighted by Gasteiger charge is -2.23. The zero-order valence-electron chi connectivity index (χ0n) is 11.0. The van der Waals surface area contributed by atoms with Crippen molar-refractivity contribution in [3.05, 3.63) is 11.6 Å². The summed E-state index contributed by atoms with van der Waals surface area (Å²) in [6.07, 6.45) is 0.0821. The molecule has 6 nitrogen and oxygen atoms in total. The second kappa shape index (κ2) is 5.39. The van der Waals surface area contributed by atoms with Gasteiger partial charge in [0.25, 0.3) is 0 Å². The van der Waals surface area contributed by atoms with Crippen LogP contribution >= 0.6 is 0 Å². The molecule has 0 unspecified atom stereocenters. The topological polar surface area (TPSA) is 84.9 Å². The Bertz CT molecular complexity index is 369. The summed E-state index contributed by atoms with van der Waals surface area (Å²) in [6.45, 7) is 5.24. The van der Waals surface area contributed by atoms with Gasteiger partial charge in [-0.2, -0.15) is 0 Å². The number of carbonyl (C=O) groups is 2. The molecule has 0 radical (unpaired) electrons. The quantitative estimate of drug-likeness (QED) is 0.713. The molecule has 0 aromatic heterocycles. The van der Waals surface area contributed by atoms with Crippen LogP contribution in [-0.4, -0.2) is 42.0 Å². The lowest BCUT2D eigenvalue weighted by Crippen LogP contribution is -2.43. The van der Waals surface area contributed by atoms with E-state index in [1.54, 1.807) is 20.8 Å². The van der Waals surface area contributed by atoms with Crippen LogP contribution in [0.25, 0.3) is 0 Å². The fourth-order valence-electron chi connectivity index (χ4n) is 1.63. The first-order valence-electron chi connectivity index (χ1n) is 5.69. The smallest absolute Gasteiger partial charge is 0.407 e. The van der Waals surface area contributed by atoms with Gasteiger partial charge in [-0.3, -0.25) is 0 Å². The van der Waals surface area contributed by atoms with Crippen LogP contribution in [-0.2, 0) is 14.3 Å². The van der Waals surface area contributed by atoms with Gasteiger partial charge in [0.15, 0.2) is 0 Å². The number of hydrogen-bond acceptors (Lipinski definition) is 5. The van der Waals surface area contributed by atoms with Gasteiger partial charge in [-0.1, -0.05) is 0 Å². The number of nitrogens with one attached hydrogen (secondary N) is 1. The molecule has 0 heterocycles. The molecule has 2 atom stereocenters. The standard InChI is InChI=1S/C12H19NO5/c1-12(2,3)18-11(16)13-8-5-7(6-9(8)14)10(15)17-4/h6,8-9,14H,5H2,1-4H3,(H,13,16)/t8-,9+/m0/s1. The Balaban J connectivity index is 2.52. The molecular weight excluding hydrogens is 238 g/mol. The molecule has 0 aromatic rings. The van der Waals surface area contributed by atoms with E-state index < -0.39 is 29.8 Å². The predicted octanol–water partition coefficient (Wildman–Crippen LogP) is 0.744. The highest BCUT2D eigenvalue weighted by Gasteiger charge is 2.32. The number of carbonyl (C=O) groups excluding carboxylic acids is 2. The molecule has 102 valence electrons. The van der Waals surface area contributed by atoms with E-state index in [1.165, 1.54) is 13.2 Å². The second-order valence-electron chi connectivity index (χ2n) is 5.13. The van der Waals surface area contributed by atoms with Gasteiger partial charge in [0.1, 0.15) is 5.60 Å². The monoisotopic (exact) mass is 257 g/mol. The summed E-state index contributed by atoms with van der Waals surface area (Å²) in [4.78, 5) is 22.8. The molecule has 6 heteroatoms. The maximum absolute atomic E-state index is 11.5. The molecule has 0 fully saturated rings. The van der Waals surface area contributed by atoms with Crippen molar-refractivity contribution >= 4 is 12.1 Å². The minimum absolute atomic E-state index is 0.229. The van der Waals surface area contributed by atoms with Crippen LogP contribution < -0.4 is 5.32 Å². The Morgan fingerprint density at radius 1 is 1.44 bits per heavy atom. The predicted molar refractivity (Wildman–Crippen MR) is 63.9 cm³/mol. The van der Waals surface area contributed by atoms with Crippen LogP contribution in [0.2, 0.25) is 0 Å². The van der Waals surface area contributed by atoms with Crippen molar-refractivity contribution in [3.63, 3.8) is 0 Å². The zero-order chi connectivity index (χ0) is 13.9. The number of ether oxygens (including phenoxy) is 2. The fourth-order valence-corrected chi connectivity index (χ4v) is 1.63. The summed E-state index contributed by atoms with van der Waals surface area (Å²) in [5, 5.41) is 12.2. The summed E-state index contributed by atoms with van der Waals surface area (Å²) in [5.74, 6) is -0.498. The molecule has 0 spiro atoms. The van der Waals surface area contributed by atoms with Crippen molar-refractivity contribution in [1.29, 1.82) is 0 Å². The van der Waals surface area contributed by atoms with Gasteiger partial charge in [-0.15, -0.1) is 0 Å². The van der Waals surface area contributed by atoms with E-state index in [2.05, 4.69) is 10.1 Å². The number of esters is 1. The van der Waals surface area contributed by atoms with Gasteiger partial charge in [0, 0.05) is 12.0 Å². The number of amides is 1. The van der Waals surface area contributed by atoms with Crippen molar-refractivity contribution < 1.29 is 24.2 Å². The number of aliphatic hydroxyl groups is 1. The summed E-state index contributed by atoms with van der Waals surface area (Å²) in [6, 6.07) is -0.561. The van der Waals surface area contributed by atoms with Gasteiger partial charge >= 0.3 is 12.1 Å². The van der Waals surface area contributed by atoms with Crippen LogP contribution in [0, 0.1) is 0 Å². The molecule has 2 N–H and O–H groups in total. The average Bonchev–Trinajstić information content (AvgIpc) is 2.56. The Morgan fingerprint density at radius 3 is 2.56 bits per heavy atom. The molecule has 0 aliphatic heterocycles.